The fourth-order valence-corrected chi connectivity index (χ4v) is 3.69. The Morgan fingerprint density at radius 2 is 1.34 bits per heavy atom. The summed E-state index contributed by atoms with van der Waals surface area (Å²) in [5.41, 5.74) is 1.35. The molecule has 0 spiro atoms. The number of hydrogen-bond acceptors (Lipinski definition) is 5. The second-order valence-corrected chi connectivity index (χ2v) is 8.47. The van der Waals surface area contributed by atoms with E-state index in [1.807, 2.05) is 31.2 Å². The van der Waals surface area contributed by atoms with Crippen LogP contribution in [-0.2, 0) is 19.8 Å². The second kappa shape index (κ2) is 11.3. The minimum absolute atomic E-state index is 0.127. The van der Waals surface area contributed by atoms with E-state index in [1.54, 1.807) is 38.1 Å². The minimum atomic E-state index is -0.524. The largest absolute Gasteiger partial charge is 0.508 e. The molecule has 0 saturated carbocycles. The average Bonchev–Trinajstić information content (AvgIpc) is 2.72. The molecule has 0 aliphatic carbocycles. The molecular formula is C25H32N2O5. The molecule has 2 unspecified atom stereocenters. The van der Waals surface area contributed by atoms with Crippen LogP contribution in [0.25, 0.3) is 0 Å². The average molecular weight is 441 g/mol. The highest BCUT2D eigenvalue weighted by Gasteiger charge is 2.30. The standard InChI is InChI=1S/C25H32N2O5/c1-17(13-15-28)26-24(32)16-18(2)27-23(31)12-14-25(3,19-4-8-21(29)9-5-19)20-6-10-22(30)11-7-20/h4-11,15,17-18,29-30H,12-14,16H2,1-3H3,(H,26,32)(H,27,31). The molecule has 0 aromatic heterocycles. The molecule has 2 aromatic carbocycles. The first-order valence-electron chi connectivity index (χ1n) is 10.8. The first-order chi connectivity index (χ1) is 15.1. The van der Waals surface area contributed by atoms with Crippen molar-refractivity contribution < 1.29 is 24.6 Å². The SMILES string of the molecule is CC(CC=O)NC(=O)CC(C)NC(=O)CCC(C)(c1ccc(O)cc1)c1ccc(O)cc1. The summed E-state index contributed by atoms with van der Waals surface area (Å²) < 4.78 is 0. The zero-order chi connectivity index (χ0) is 23.7. The molecule has 2 aromatic rings. The van der Waals surface area contributed by atoms with E-state index in [2.05, 4.69) is 10.6 Å². The number of aromatic hydroxyl groups is 2. The minimum Gasteiger partial charge on any atom is -0.508 e. The highest BCUT2D eigenvalue weighted by atomic mass is 16.3. The van der Waals surface area contributed by atoms with E-state index in [4.69, 9.17) is 0 Å². The van der Waals surface area contributed by atoms with Gasteiger partial charge in [0.15, 0.2) is 0 Å². The fraction of sp³-hybridized carbons (Fsp3) is 0.400. The molecule has 0 aliphatic rings. The molecule has 32 heavy (non-hydrogen) atoms. The zero-order valence-electron chi connectivity index (χ0n) is 18.8. The Labute approximate surface area is 188 Å². The van der Waals surface area contributed by atoms with Crippen molar-refractivity contribution in [3.05, 3.63) is 59.7 Å². The van der Waals surface area contributed by atoms with E-state index >= 15 is 0 Å². The predicted octanol–water partition coefficient (Wildman–Crippen LogP) is 3.17. The lowest BCUT2D eigenvalue weighted by atomic mass is 9.73. The number of amides is 2. The number of hydrogen-bond donors (Lipinski definition) is 4. The van der Waals surface area contributed by atoms with Crippen LogP contribution in [0.3, 0.4) is 0 Å². The number of benzene rings is 2. The quantitative estimate of drug-likeness (QED) is 0.401. The van der Waals surface area contributed by atoms with E-state index in [0.717, 1.165) is 17.4 Å². The maximum atomic E-state index is 12.6. The number of phenols is 2. The molecule has 7 nitrogen and oxygen atoms in total. The van der Waals surface area contributed by atoms with Gasteiger partial charge in [-0.2, -0.15) is 0 Å². The van der Waals surface area contributed by atoms with Crippen molar-refractivity contribution in [1.82, 2.24) is 10.6 Å². The lowest BCUT2D eigenvalue weighted by Gasteiger charge is -2.31. The number of nitrogens with one attached hydrogen (secondary N) is 2. The van der Waals surface area contributed by atoms with Gasteiger partial charge in [0.25, 0.3) is 0 Å². The summed E-state index contributed by atoms with van der Waals surface area (Å²) in [7, 11) is 0. The van der Waals surface area contributed by atoms with Gasteiger partial charge in [0, 0.05) is 36.8 Å². The van der Waals surface area contributed by atoms with Crippen molar-refractivity contribution in [1.29, 1.82) is 0 Å². The van der Waals surface area contributed by atoms with Crippen molar-refractivity contribution in [3.63, 3.8) is 0 Å². The van der Waals surface area contributed by atoms with Gasteiger partial charge in [0.05, 0.1) is 0 Å². The lowest BCUT2D eigenvalue weighted by molar-refractivity contribution is -0.123. The molecule has 0 aliphatic heterocycles. The van der Waals surface area contributed by atoms with Crippen LogP contribution in [0.4, 0.5) is 0 Å². The molecule has 0 fully saturated rings. The van der Waals surface area contributed by atoms with Gasteiger partial charge >= 0.3 is 0 Å². The summed E-state index contributed by atoms with van der Waals surface area (Å²) in [6, 6.07) is 13.2. The molecule has 2 amide bonds. The van der Waals surface area contributed by atoms with Crippen LogP contribution in [0.2, 0.25) is 0 Å². The fourth-order valence-electron chi connectivity index (χ4n) is 3.69. The Bertz CT molecular complexity index is 863. The molecule has 0 saturated heterocycles. The van der Waals surface area contributed by atoms with Crippen LogP contribution in [0.1, 0.15) is 57.6 Å². The van der Waals surface area contributed by atoms with Gasteiger partial charge in [0.1, 0.15) is 17.8 Å². The van der Waals surface area contributed by atoms with Gasteiger partial charge in [-0.15, -0.1) is 0 Å². The van der Waals surface area contributed by atoms with Crippen LogP contribution in [0, 0.1) is 0 Å². The topological polar surface area (TPSA) is 116 Å². The predicted molar refractivity (Wildman–Crippen MR) is 122 cm³/mol. The summed E-state index contributed by atoms with van der Waals surface area (Å²) in [6.07, 6.45) is 1.85. The summed E-state index contributed by atoms with van der Waals surface area (Å²) in [5, 5.41) is 24.9. The number of rotatable bonds is 11. The molecule has 172 valence electrons. The molecular weight excluding hydrogens is 408 g/mol. The number of phenolic OH excluding ortho intramolecular Hbond substituents is 2. The monoisotopic (exact) mass is 440 g/mol. The van der Waals surface area contributed by atoms with Crippen LogP contribution >= 0.6 is 0 Å². The van der Waals surface area contributed by atoms with Crippen molar-refractivity contribution in [2.75, 3.05) is 0 Å². The third kappa shape index (κ3) is 7.11. The second-order valence-electron chi connectivity index (χ2n) is 8.47. The maximum Gasteiger partial charge on any atom is 0.222 e. The molecule has 2 rings (SSSR count). The molecule has 0 bridgehead atoms. The zero-order valence-corrected chi connectivity index (χ0v) is 18.8. The van der Waals surface area contributed by atoms with Crippen LogP contribution in [-0.4, -0.2) is 40.4 Å². The summed E-state index contributed by atoms with van der Waals surface area (Å²) >= 11 is 0. The summed E-state index contributed by atoms with van der Waals surface area (Å²) in [4.78, 5) is 35.2. The van der Waals surface area contributed by atoms with Crippen molar-refractivity contribution in [2.24, 2.45) is 0 Å². The highest BCUT2D eigenvalue weighted by molar-refractivity contribution is 5.80. The van der Waals surface area contributed by atoms with Gasteiger partial charge in [-0.25, -0.2) is 0 Å². The van der Waals surface area contributed by atoms with Crippen molar-refractivity contribution >= 4 is 18.1 Å². The third-order valence-corrected chi connectivity index (χ3v) is 5.62. The number of carbonyl (C=O) groups is 3. The van der Waals surface area contributed by atoms with Gasteiger partial charge < -0.3 is 25.6 Å². The van der Waals surface area contributed by atoms with E-state index in [9.17, 15) is 24.6 Å². The lowest BCUT2D eigenvalue weighted by Crippen LogP contribution is -2.40. The number of aldehydes is 1. The van der Waals surface area contributed by atoms with E-state index in [1.165, 1.54) is 0 Å². The maximum absolute atomic E-state index is 12.6. The Morgan fingerprint density at radius 1 is 0.875 bits per heavy atom. The van der Waals surface area contributed by atoms with Crippen LogP contribution < -0.4 is 10.6 Å². The Kier molecular flexibility index (Phi) is 8.81. The highest BCUT2D eigenvalue weighted by Crippen LogP contribution is 2.37. The van der Waals surface area contributed by atoms with Crippen molar-refractivity contribution in [3.8, 4) is 11.5 Å². The van der Waals surface area contributed by atoms with Crippen molar-refractivity contribution in [2.45, 2.75) is 64.0 Å². The molecule has 2 atom stereocenters. The van der Waals surface area contributed by atoms with Gasteiger partial charge in [-0.1, -0.05) is 31.2 Å². The first-order valence-corrected chi connectivity index (χ1v) is 10.8. The van der Waals surface area contributed by atoms with Gasteiger partial charge in [0.2, 0.25) is 11.8 Å². The third-order valence-electron chi connectivity index (χ3n) is 5.62. The smallest absolute Gasteiger partial charge is 0.222 e. The Balaban J connectivity index is 2.03. The van der Waals surface area contributed by atoms with E-state index < -0.39 is 5.41 Å². The Morgan fingerprint density at radius 3 is 1.81 bits per heavy atom. The number of carbonyl (C=O) groups excluding carboxylic acids is 3. The normalized spacial score (nSPS) is 13.1. The van der Waals surface area contributed by atoms with Crippen LogP contribution in [0.5, 0.6) is 11.5 Å². The molecule has 4 N–H and O–H groups in total. The molecule has 7 heteroatoms. The summed E-state index contributed by atoms with van der Waals surface area (Å²) in [5.74, 6) is -0.0663. The van der Waals surface area contributed by atoms with Crippen LogP contribution in [0.15, 0.2) is 48.5 Å². The first kappa shape index (κ1) is 24.9. The van der Waals surface area contributed by atoms with E-state index in [-0.39, 0.29) is 54.7 Å². The van der Waals surface area contributed by atoms with Gasteiger partial charge in [-0.3, -0.25) is 9.59 Å². The summed E-state index contributed by atoms with van der Waals surface area (Å²) in [6.45, 7) is 5.54. The Hall–Kier alpha value is -3.35. The van der Waals surface area contributed by atoms with Gasteiger partial charge in [-0.05, 0) is 55.7 Å². The molecule has 0 radical (unpaired) electrons. The molecule has 0 heterocycles. The van der Waals surface area contributed by atoms with E-state index in [0.29, 0.717) is 6.42 Å².